The summed E-state index contributed by atoms with van der Waals surface area (Å²) in [4.78, 5) is 0. The Bertz CT molecular complexity index is 532. The summed E-state index contributed by atoms with van der Waals surface area (Å²) in [5, 5.41) is 0. The Morgan fingerprint density at radius 3 is 2.45 bits per heavy atom. The van der Waals surface area contributed by atoms with Gasteiger partial charge in [-0.1, -0.05) is 67.5 Å². The van der Waals surface area contributed by atoms with Crippen LogP contribution in [0.25, 0.3) is 0 Å². The Morgan fingerprint density at radius 2 is 1.82 bits per heavy atom. The van der Waals surface area contributed by atoms with Crippen LogP contribution in [0.3, 0.4) is 0 Å². The van der Waals surface area contributed by atoms with Crippen molar-refractivity contribution in [1.29, 1.82) is 0 Å². The Kier molecular flexibility index (Phi) is 5.63. The highest BCUT2D eigenvalue weighted by atomic mass is 16.5. The summed E-state index contributed by atoms with van der Waals surface area (Å²) in [6, 6.07) is 10.7. The predicted molar refractivity (Wildman–Crippen MR) is 94.8 cm³/mol. The van der Waals surface area contributed by atoms with Crippen molar-refractivity contribution in [2.75, 3.05) is 6.61 Å². The van der Waals surface area contributed by atoms with E-state index >= 15 is 0 Å². The number of hydrogen-bond acceptors (Lipinski definition) is 1. The highest BCUT2D eigenvalue weighted by Crippen LogP contribution is 2.44. The van der Waals surface area contributed by atoms with Gasteiger partial charge in [0.05, 0.1) is 12.7 Å². The molecule has 0 amide bonds. The summed E-state index contributed by atoms with van der Waals surface area (Å²) in [5.41, 5.74) is 4.39. The fourth-order valence-corrected chi connectivity index (χ4v) is 3.20. The molecule has 120 valence electrons. The molecule has 22 heavy (non-hydrogen) atoms. The van der Waals surface area contributed by atoms with Crippen LogP contribution in [-0.2, 0) is 4.74 Å². The molecule has 0 radical (unpaired) electrons. The number of allylic oxidation sites excluding steroid dienone is 3. The zero-order chi connectivity index (χ0) is 16.2. The summed E-state index contributed by atoms with van der Waals surface area (Å²) >= 11 is 0. The van der Waals surface area contributed by atoms with Crippen LogP contribution in [0.2, 0.25) is 0 Å². The first-order valence-corrected chi connectivity index (χ1v) is 8.35. The van der Waals surface area contributed by atoms with Gasteiger partial charge in [-0.15, -0.1) is 0 Å². The summed E-state index contributed by atoms with van der Waals surface area (Å²) in [6.45, 7) is 12.0. The Balaban J connectivity index is 2.23. The molecule has 0 bridgehead atoms. The molecule has 1 nitrogen and oxygen atoms in total. The van der Waals surface area contributed by atoms with Gasteiger partial charge in [-0.3, -0.25) is 0 Å². The Labute approximate surface area is 136 Å². The van der Waals surface area contributed by atoms with E-state index in [1.165, 1.54) is 23.1 Å². The van der Waals surface area contributed by atoms with E-state index in [-0.39, 0.29) is 11.5 Å². The number of benzene rings is 1. The highest BCUT2D eigenvalue weighted by Gasteiger charge is 2.37. The maximum atomic E-state index is 6.28. The molecule has 1 aliphatic rings. The van der Waals surface area contributed by atoms with Gasteiger partial charge < -0.3 is 4.74 Å². The average Bonchev–Trinajstić information content (AvgIpc) is 2.46. The van der Waals surface area contributed by atoms with Gasteiger partial charge >= 0.3 is 0 Å². The van der Waals surface area contributed by atoms with E-state index in [0.29, 0.717) is 5.92 Å². The molecule has 0 saturated carbocycles. The molecule has 1 aromatic carbocycles. The second-order valence-corrected chi connectivity index (χ2v) is 7.58. The second-order valence-electron chi connectivity index (χ2n) is 7.58. The molecule has 1 fully saturated rings. The number of rotatable bonds is 4. The minimum atomic E-state index is 0.192. The fourth-order valence-electron chi connectivity index (χ4n) is 3.20. The zero-order valence-corrected chi connectivity index (χ0v) is 14.7. The van der Waals surface area contributed by atoms with Crippen molar-refractivity contribution >= 4 is 0 Å². The third-order valence-electron chi connectivity index (χ3n) is 4.47. The number of hydrogen-bond donors (Lipinski definition) is 0. The van der Waals surface area contributed by atoms with E-state index in [2.05, 4.69) is 77.1 Å². The summed E-state index contributed by atoms with van der Waals surface area (Å²) in [7, 11) is 0. The van der Waals surface area contributed by atoms with Crippen molar-refractivity contribution < 1.29 is 4.74 Å². The van der Waals surface area contributed by atoms with Gasteiger partial charge in [0.1, 0.15) is 0 Å². The van der Waals surface area contributed by atoms with Gasteiger partial charge in [0.15, 0.2) is 0 Å². The van der Waals surface area contributed by atoms with Crippen LogP contribution < -0.4 is 0 Å². The van der Waals surface area contributed by atoms with E-state index < -0.39 is 0 Å². The van der Waals surface area contributed by atoms with Crippen molar-refractivity contribution in [2.45, 2.75) is 53.6 Å². The summed E-state index contributed by atoms with van der Waals surface area (Å²) < 4.78 is 6.28. The van der Waals surface area contributed by atoms with Gasteiger partial charge in [-0.05, 0) is 44.6 Å². The van der Waals surface area contributed by atoms with Gasteiger partial charge in [0.25, 0.3) is 0 Å². The van der Waals surface area contributed by atoms with Crippen LogP contribution >= 0.6 is 0 Å². The molecule has 1 heterocycles. The minimum Gasteiger partial charge on any atom is -0.372 e. The van der Waals surface area contributed by atoms with Gasteiger partial charge in [0.2, 0.25) is 0 Å². The van der Waals surface area contributed by atoms with Crippen LogP contribution in [0.4, 0.5) is 0 Å². The van der Waals surface area contributed by atoms with Gasteiger partial charge in [-0.2, -0.15) is 0 Å². The van der Waals surface area contributed by atoms with E-state index in [0.717, 1.165) is 13.0 Å². The van der Waals surface area contributed by atoms with E-state index in [1.807, 2.05) is 0 Å². The molecule has 1 aliphatic heterocycles. The molecule has 1 aromatic rings. The Hall–Kier alpha value is -1.34. The first-order chi connectivity index (χ1) is 10.4. The van der Waals surface area contributed by atoms with Gasteiger partial charge in [-0.25, -0.2) is 0 Å². The van der Waals surface area contributed by atoms with Crippen molar-refractivity contribution in [2.24, 2.45) is 11.3 Å². The van der Waals surface area contributed by atoms with Crippen LogP contribution in [0.1, 0.15) is 59.1 Å². The van der Waals surface area contributed by atoms with Crippen molar-refractivity contribution in [3.63, 3.8) is 0 Å². The molecule has 0 aromatic heterocycles. The SMILES string of the molecule is CC(C)=CC/C=C(\C)[C@H]1CC(C)(C)CO[C@H]1c1ccccc1. The lowest BCUT2D eigenvalue weighted by Gasteiger charge is -2.41. The molecule has 1 heteroatoms. The van der Waals surface area contributed by atoms with Crippen LogP contribution in [0.5, 0.6) is 0 Å². The third kappa shape index (κ3) is 4.58. The van der Waals surface area contributed by atoms with Crippen LogP contribution in [-0.4, -0.2) is 6.61 Å². The third-order valence-corrected chi connectivity index (χ3v) is 4.47. The minimum absolute atomic E-state index is 0.192. The first-order valence-electron chi connectivity index (χ1n) is 8.35. The highest BCUT2D eigenvalue weighted by molar-refractivity contribution is 5.23. The van der Waals surface area contributed by atoms with Crippen LogP contribution in [0, 0.1) is 11.3 Å². The van der Waals surface area contributed by atoms with E-state index in [1.54, 1.807) is 0 Å². The smallest absolute Gasteiger partial charge is 0.0890 e. The fraction of sp³-hybridized carbons (Fsp3) is 0.524. The molecule has 2 atom stereocenters. The van der Waals surface area contributed by atoms with Crippen molar-refractivity contribution in [1.82, 2.24) is 0 Å². The Morgan fingerprint density at radius 1 is 1.14 bits per heavy atom. The standard InChI is InChI=1S/C21H30O/c1-16(2)10-9-11-17(3)19-14-21(4,5)15-22-20(19)18-12-7-6-8-13-18/h6-8,10-13,19-20H,9,14-15H2,1-5H3/b17-11+/t19-,20+/m1/s1. The molecule has 0 spiro atoms. The molecular weight excluding hydrogens is 268 g/mol. The van der Waals surface area contributed by atoms with Gasteiger partial charge in [0, 0.05) is 5.92 Å². The summed E-state index contributed by atoms with van der Waals surface area (Å²) in [6.07, 6.45) is 7.06. The maximum Gasteiger partial charge on any atom is 0.0890 e. The summed E-state index contributed by atoms with van der Waals surface area (Å²) in [5.74, 6) is 0.469. The molecule has 2 rings (SSSR count). The molecule has 0 unspecified atom stereocenters. The second kappa shape index (κ2) is 7.28. The average molecular weight is 298 g/mol. The van der Waals surface area contributed by atoms with Crippen LogP contribution in [0.15, 0.2) is 53.6 Å². The number of ether oxygens (including phenoxy) is 1. The van der Waals surface area contributed by atoms with Crippen molar-refractivity contribution in [3.8, 4) is 0 Å². The molecule has 1 saturated heterocycles. The molecular formula is C21H30O. The lowest BCUT2D eigenvalue weighted by molar-refractivity contribution is -0.0782. The predicted octanol–water partition coefficient (Wildman–Crippen LogP) is 6.09. The zero-order valence-electron chi connectivity index (χ0n) is 14.7. The lowest BCUT2D eigenvalue weighted by atomic mass is 9.74. The monoisotopic (exact) mass is 298 g/mol. The largest absolute Gasteiger partial charge is 0.372 e. The lowest BCUT2D eigenvalue weighted by Crippen LogP contribution is -2.35. The maximum absolute atomic E-state index is 6.28. The van der Waals surface area contributed by atoms with Crippen molar-refractivity contribution in [3.05, 3.63) is 59.2 Å². The topological polar surface area (TPSA) is 9.23 Å². The van der Waals surface area contributed by atoms with E-state index in [4.69, 9.17) is 4.74 Å². The molecule has 0 N–H and O–H groups in total. The first kappa shape index (κ1) is 17.0. The molecule has 0 aliphatic carbocycles. The van der Waals surface area contributed by atoms with E-state index in [9.17, 15) is 0 Å². The normalized spacial score (nSPS) is 24.9. The quantitative estimate of drug-likeness (QED) is 0.611.